The molecule has 0 saturated heterocycles. The Kier molecular flexibility index (Phi) is 10.7. The number of esters is 1. The molecule has 0 aliphatic heterocycles. The number of thiol groups is 1. The van der Waals surface area contributed by atoms with Crippen LogP contribution in [0.25, 0.3) is 0 Å². The van der Waals surface area contributed by atoms with Gasteiger partial charge in [-0.1, -0.05) is 42.5 Å². The highest BCUT2D eigenvalue weighted by atomic mass is 32.1. The highest BCUT2D eigenvalue weighted by molar-refractivity contribution is 8.11. The molecule has 1 aromatic carbocycles. The van der Waals surface area contributed by atoms with Crippen LogP contribution in [-0.2, 0) is 19.1 Å². The zero-order chi connectivity index (χ0) is 16.3. The molecule has 1 atom stereocenters. The summed E-state index contributed by atoms with van der Waals surface area (Å²) < 4.78 is 10.3. The monoisotopic (exact) mass is 328 g/mol. The standard InChI is InChI=1S/C8H14O4.C7H6S2/c1-4-11-5-8(6(2)9)12-7(3)10;8-7(9)6-4-2-1-3-5-6/h8H,4-5H2,1-3H3;1-5H,(H,8,9). The minimum Gasteiger partial charge on any atom is -0.452 e. The molecule has 0 amide bonds. The van der Waals surface area contributed by atoms with Crippen molar-refractivity contribution in [2.24, 2.45) is 0 Å². The molecule has 0 spiro atoms. The fraction of sp³-hybridized carbons (Fsp3) is 0.400. The summed E-state index contributed by atoms with van der Waals surface area (Å²) in [6.45, 7) is 5.09. The summed E-state index contributed by atoms with van der Waals surface area (Å²) in [7, 11) is 0. The Morgan fingerprint density at radius 3 is 2.14 bits per heavy atom. The Morgan fingerprint density at radius 1 is 1.24 bits per heavy atom. The van der Waals surface area contributed by atoms with Gasteiger partial charge in [-0.25, -0.2) is 0 Å². The lowest BCUT2D eigenvalue weighted by Crippen LogP contribution is -2.29. The highest BCUT2D eigenvalue weighted by Gasteiger charge is 2.16. The quantitative estimate of drug-likeness (QED) is 0.494. The van der Waals surface area contributed by atoms with E-state index in [1.165, 1.54) is 13.8 Å². The lowest BCUT2D eigenvalue weighted by atomic mass is 10.2. The third-order valence-electron chi connectivity index (χ3n) is 2.26. The second kappa shape index (κ2) is 11.4. The van der Waals surface area contributed by atoms with Gasteiger partial charge in [0.1, 0.15) is 0 Å². The van der Waals surface area contributed by atoms with Gasteiger partial charge in [0.2, 0.25) is 0 Å². The van der Waals surface area contributed by atoms with Gasteiger partial charge in [-0.3, -0.25) is 9.59 Å². The van der Waals surface area contributed by atoms with Gasteiger partial charge in [0.05, 0.1) is 10.8 Å². The average Bonchev–Trinajstić information content (AvgIpc) is 2.44. The maximum atomic E-state index is 10.8. The number of thiocarbonyl (C=S) groups is 1. The van der Waals surface area contributed by atoms with E-state index in [1.54, 1.807) is 0 Å². The summed E-state index contributed by atoms with van der Waals surface area (Å²) in [4.78, 5) is 21.3. The van der Waals surface area contributed by atoms with E-state index < -0.39 is 12.1 Å². The van der Waals surface area contributed by atoms with Crippen LogP contribution in [0.4, 0.5) is 0 Å². The number of rotatable bonds is 6. The molecule has 116 valence electrons. The van der Waals surface area contributed by atoms with Crippen LogP contribution in [0.5, 0.6) is 0 Å². The van der Waals surface area contributed by atoms with E-state index in [4.69, 9.17) is 21.7 Å². The van der Waals surface area contributed by atoms with Crippen LogP contribution >= 0.6 is 24.8 Å². The van der Waals surface area contributed by atoms with Gasteiger partial charge < -0.3 is 9.47 Å². The predicted molar refractivity (Wildman–Crippen MR) is 89.9 cm³/mol. The van der Waals surface area contributed by atoms with Crippen molar-refractivity contribution in [3.05, 3.63) is 35.9 Å². The van der Waals surface area contributed by atoms with Crippen molar-refractivity contribution in [1.29, 1.82) is 0 Å². The van der Waals surface area contributed by atoms with E-state index in [-0.39, 0.29) is 12.4 Å². The Balaban J connectivity index is 0.000000394. The van der Waals surface area contributed by atoms with Crippen LogP contribution in [0.3, 0.4) is 0 Å². The summed E-state index contributed by atoms with van der Waals surface area (Å²) in [6.07, 6.45) is -0.748. The minimum absolute atomic E-state index is 0.144. The maximum absolute atomic E-state index is 10.8. The van der Waals surface area contributed by atoms with Crippen LogP contribution in [0.1, 0.15) is 26.3 Å². The Morgan fingerprint density at radius 2 is 1.81 bits per heavy atom. The first kappa shape index (κ1) is 19.8. The summed E-state index contributed by atoms with van der Waals surface area (Å²) in [5.74, 6) is -0.659. The predicted octanol–water partition coefficient (Wildman–Crippen LogP) is 2.84. The molecule has 1 unspecified atom stereocenters. The molecule has 0 aromatic heterocycles. The molecule has 0 N–H and O–H groups in total. The molecule has 1 rings (SSSR count). The summed E-state index contributed by atoms with van der Waals surface area (Å²) in [5.41, 5.74) is 1.01. The second-order valence-electron chi connectivity index (χ2n) is 4.04. The molecule has 0 saturated carbocycles. The first-order valence-electron chi connectivity index (χ1n) is 6.42. The number of carbonyl (C=O) groups is 2. The average molecular weight is 328 g/mol. The smallest absolute Gasteiger partial charge is 0.303 e. The van der Waals surface area contributed by atoms with E-state index in [2.05, 4.69) is 12.6 Å². The number of hydrogen-bond acceptors (Lipinski definition) is 5. The number of benzene rings is 1. The largest absolute Gasteiger partial charge is 0.452 e. The first-order chi connectivity index (χ1) is 9.88. The van der Waals surface area contributed by atoms with Gasteiger partial charge in [0.25, 0.3) is 0 Å². The minimum atomic E-state index is -0.748. The van der Waals surface area contributed by atoms with Gasteiger partial charge in [-0.2, -0.15) is 0 Å². The fourth-order valence-electron chi connectivity index (χ4n) is 1.24. The fourth-order valence-corrected chi connectivity index (χ4v) is 1.53. The molecule has 0 aliphatic rings. The molecule has 0 radical (unpaired) electrons. The van der Waals surface area contributed by atoms with Crippen molar-refractivity contribution in [2.45, 2.75) is 26.9 Å². The molecular formula is C15H20O4S2. The molecule has 4 nitrogen and oxygen atoms in total. The Labute approximate surface area is 136 Å². The van der Waals surface area contributed by atoms with Crippen molar-refractivity contribution >= 4 is 40.8 Å². The third kappa shape index (κ3) is 10.2. The van der Waals surface area contributed by atoms with Crippen LogP contribution in [-0.4, -0.2) is 35.3 Å². The molecule has 0 heterocycles. The van der Waals surface area contributed by atoms with Crippen LogP contribution < -0.4 is 0 Å². The normalized spacial score (nSPS) is 10.9. The summed E-state index contributed by atoms with van der Waals surface area (Å²) >= 11 is 8.85. The zero-order valence-corrected chi connectivity index (χ0v) is 14.1. The van der Waals surface area contributed by atoms with Crippen LogP contribution in [0.15, 0.2) is 30.3 Å². The molecule has 21 heavy (non-hydrogen) atoms. The zero-order valence-electron chi connectivity index (χ0n) is 12.4. The third-order valence-corrected chi connectivity index (χ3v) is 2.75. The highest BCUT2D eigenvalue weighted by Crippen LogP contribution is 2.02. The number of carbonyl (C=O) groups excluding carboxylic acids is 2. The van der Waals surface area contributed by atoms with Crippen LogP contribution in [0, 0.1) is 0 Å². The van der Waals surface area contributed by atoms with Gasteiger partial charge in [0, 0.05) is 13.5 Å². The van der Waals surface area contributed by atoms with E-state index in [0.29, 0.717) is 10.8 Å². The maximum Gasteiger partial charge on any atom is 0.303 e. The van der Waals surface area contributed by atoms with E-state index >= 15 is 0 Å². The number of Topliss-reactive ketones (excluding diaryl/α,β-unsaturated/α-hetero) is 1. The molecule has 0 bridgehead atoms. The second-order valence-corrected chi connectivity index (χ2v) is 5.20. The molecule has 0 aliphatic carbocycles. The van der Waals surface area contributed by atoms with Gasteiger partial charge in [-0.15, -0.1) is 12.6 Å². The van der Waals surface area contributed by atoms with Gasteiger partial charge in [0.15, 0.2) is 11.9 Å². The van der Waals surface area contributed by atoms with E-state index in [0.717, 1.165) is 5.56 Å². The Bertz CT molecular complexity index is 460. The molecule has 0 fully saturated rings. The first-order valence-corrected chi connectivity index (χ1v) is 7.27. The molecular weight excluding hydrogens is 308 g/mol. The van der Waals surface area contributed by atoms with E-state index in [9.17, 15) is 9.59 Å². The van der Waals surface area contributed by atoms with Crippen LogP contribution in [0.2, 0.25) is 0 Å². The lowest BCUT2D eigenvalue weighted by Gasteiger charge is -2.12. The van der Waals surface area contributed by atoms with Crippen molar-refractivity contribution < 1.29 is 19.1 Å². The number of ketones is 1. The van der Waals surface area contributed by atoms with Crippen molar-refractivity contribution in [3.63, 3.8) is 0 Å². The van der Waals surface area contributed by atoms with Gasteiger partial charge in [-0.05, 0) is 19.4 Å². The number of hydrogen-bond donors (Lipinski definition) is 1. The van der Waals surface area contributed by atoms with Crippen molar-refractivity contribution in [3.8, 4) is 0 Å². The Hall–Kier alpha value is -1.24. The van der Waals surface area contributed by atoms with Crippen molar-refractivity contribution in [2.75, 3.05) is 13.2 Å². The van der Waals surface area contributed by atoms with Crippen molar-refractivity contribution in [1.82, 2.24) is 0 Å². The molecule has 1 aromatic rings. The summed E-state index contributed by atoms with van der Waals surface area (Å²) in [6, 6.07) is 9.72. The topological polar surface area (TPSA) is 52.6 Å². The lowest BCUT2D eigenvalue weighted by molar-refractivity contribution is -0.155. The van der Waals surface area contributed by atoms with Gasteiger partial charge >= 0.3 is 5.97 Å². The SMILES string of the molecule is CCOCC(OC(C)=O)C(C)=O.S=C(S)c1ccccc1. The molecule has 6 heteroatoms. The summed E-state index contributed by atoms with van der Waals surface area (Å²) in [5, 5.41) is 0. The van der Waals surface area contributed by atoms with E-state index in [1.807, 2.05) is 37.3 Å². The number of ether oxygens (including phenoxy) is 2.